The Morgan fingerprint density at radius 2 is 1.89 bits per heavy atom. The molecule has 0 aromatic heterocycles. The van der Waals surface area contributed by atoms with Crippen LogP contribution in [0.2, 0.25) is 0 Å². The second kappa shape index (κ2) is 7.47. The van der Waals surface area contributed by atoms with Crippen LogP contribution in [0.1, 0.15) is 18.9 Å². The summed E-state index contributed by atoms with van der Waals surface area (Å²) in [6, 6.07) is 7.02. The van der Waals surface area contributed by atoms with Crippen LogP contribution >= 0.6 is 0 Å². The number of benzene rings is 1. The highest BCUT2D eigenvalue weighted by Gasteiger charge is 2.12. The molecule has 0 amide bonds. The van der Waals surface area contributed by atoms with Crippen LogP contribution in [0.15, 0.2) is 24.3 Å². The molecule has 0 fully saturated rings. The molecule has 6 heteroatoms. The zero-order chi connectivity index (χ0) is 14.3. The van der Waals surface area contributed by atoms with E-state index in [0.717, 1.165) is 18.5 Å². The van der Waals surface area contributed by atoms with E-state index in [9.17, 15) is 8.42 Å². The summed E-state index contributed by atoms with van der Waals surface area (Å²) in [6.45, 7) is 4.36. The lowest BCUT2D eigenvalue weighted by atomic mass is 10.2. The molecule has 0 saturated carbocycles. The molecule has 0 unspecified atom stereocenters. The molecule has 0 spiro atoms. The Balaban J connectivity index is 2.22. The zero-order valence-corrected chi connectivity index (χ0v) is 12.3. The van der Waals surface area contributed by atoms with Gasteiger partial charge in [0.1, 0.15) is 5.75 Å². The lowest BCUT2D eigenvalue weighted by Gasteiger charge is -2.17. The number of aromatic hydroxyl groups is 1. The maximum Gasteiger partial charge on any atom is 0.211 e. The molecule has 1 aromatic rings. The van der Waals surface area contributed by atoms with Gasteiger partial charge in [-0.25, -0.2) is 12.7 Å². The Kier molecular flexibility index (Phi) is 6.27. The standard InChI is InChI=1S/C13H22N2O3S/c1-3-15(19(2,17)18)10-4-9-14-11-12-5-7-13(16)8-6-12/h5-8,14,16H,3-4,9-11H2,1-2H3. The van der Waals surface area contributed by atoms with E-state index in [2.05, 4.69) is 5.32 Å². The van der Waals surface area contributed by atoms with Crippen LogP contribution in [0.3, 0.4) is 0 Å². The molecular weight excluding hydrogens is 264 g/mol. The van der Waals surface area contributed by atoms with E-state index in [-0.39, 0.29) is 5.75 Å². The molecule has 19 heavy (non-hydrogen) atoms. The number of rotatable bonds is 8. The van der Waals surface area contributed by atoms with E-state index in [4.69, 9.17) is 5.11 Å². The number of sulfonamides is 1. The monoisotopic (exact) mass is 286 g/mol. The molecule has 1 aromatic carbocycles. The van der Waals surface area contributed by atoms with Crippen LogP contribution in [0.5, 0.6) is 5.75 Å². The largest absolute Gasteiger partial charge is 0.508 e. The molecule has 0 aliphatic heterocycles. The van der Waals surface area contributed by atoms with Gasteiger partial charge in [-0.15, -0.1) is 0 Å². The Labute approximate surface area is 115 Å². The zero-order valence-electron chi connectivity index (χ0n) is 11.5. The predicted molar refractivity (Wildman–Crippen MR) is 76.5 cm³/mol. The van der Waals surface area contributed by atoms with Gasteiger partial charge in [-0.2, -0.15) is 0 Å². The minimum Gasteiger partial charge on any atom is -0.508 e. The molecule has 0 aliphatic rings. The van der Waals surface area contributed by atoms with Gasteiger partial charge in [0.05, 0.1) is 6.26 Å². The smallest absolute Gasteiger partial charge is 0.211 e. The summed E-state index contributed by atoms with van der Waals surface area (Å²) in [5, 5.41) is 12.4. The third-order valence-corrected chi connectivity index (χ3v) is 4.23. The summed E-state index contributed by atoms with van der Waals surface area (Å²) in [7, 11) is -3.08. The number of nitrogens with one attached hydrogen (secondary N) is 1. The van der Waals surface area contributed by atoms with Gasteiger partial charge in [0.2, 0.25) is 10.0 Å². The van der Waals surface area contributed by atoms with Crippen molar-refractivity contribution in [3.8, 4) is 5.75 Å². The van der Waals surface area contributed by atoms with Gasteiger partial charge >= 0.3 is 0 Å². The average molecular weight is 286 g/mol. The summed E-state index contributed by atoms with van der Waals surface area (Å²) >= 11 is 0. The molecule has 108 valence electrons. The van der Waals surface area contributed by atoms with Crippen molar-refractivity contribution < 1.29 is 13.5 Å². The van der Waals surface area contributed by atoms with Gasteiger partial charge in [0.25, 0.3) is 0 Å². The topological polar surface area (TPSA) is 69.6 Å². The van der Waals surface area contributed by atoms with E-state index >= 15 is 0 Å². The third kappa shape index (κ3) is 6.04. The molecule has 0 radical (unpaired) electrons. The van der Waals surface area contributed by atoms with Crippen molar-refractivity contribution in [3.05, 3.63) is 29.8 Å². The van der Waals surface area contributed by atoms with Crippen molar-refractivity contribution >= 4 is 10.0 Å². The van der Waals surface area contributed by atoms with Crippen LogP contribution < -0.4 is 5.32 Å². The average Bonchev–Trinajstić information content (AvgIpc) is 2.34. The molecule has 0 heterocycles. The molecule has 0 aliphatic carbocycles. The fraction of sp³-hybridized carbons (Fsp3) is 0.538. The predicted octanol–water partition coefficient (Wildman–Crippen LogP) is 1.15. The highest BCUT2D eigenvalue weighted by atomic mass is 32.2. The van der Waals surface area contributed by atoms with Crippen molar-refractivity contribution in [2.75, 3.05) is 25.9 Å². The van der Waals surface area contributed by atoms with Gasteiger partial charge in [-0.3, -0.25) is 0 Å². The summed E-state index contributed by atoms with van der Waals surface area (Å²) in [5.74, 6) is 0.260. The van der Waals surface area contributed by atoms with E-state index in [1.807, 2.05) is 19.1 Å². The van der Waals surface area contributed by atoms with Crippen molar-refractivity contribution in [1.29, 1.82) is 0 Å². The fourth-order valence-electron chi connectivity index (χ4n) is 1.79. The third-order valence-electron chi connectivity index (χ3n) is 2.85. The number of nitrogens with zero attached hydrogens (tertiary/aromatic N) is 1. The highest BCUT2D eigenvalue weighted by molar-refractivity contribution is 7.88. The SMILES string of the molecule is CCN(CCCNCc1ccc(O)cc1)S(C)(=O)=O. The Bertz CT molecular complexity index is 471. The molecule has 0 saturated heterocycles. The van der Waals surface area contributed by atoms with E-state index in [0.29, 0.717) is 19.6 Å². The van der Waals surface area contributed by atoms with Gasteiger partial charge in [-0.05, 0) is 30.7 Å². The molecule has 2 N–H and O–H groups in total. The summed E-state index contributed by atoms with van der Waals surface area (Å²) in [4.78, 5) is 0. The number of hydrogen-bond acceptors (Lipinski definition) is 4. The fourth-order valence-corrected chi connectivity index (χ4v) is 2.72. The number of phenols is 1. The van der Waals surface area contributed by atoms with E-state index in [1.165, 1.54) is 10.6 Å². The van der Waals surface area contributed by atoms with Gasteiger partial charge in [-0.1, -0.05) is 19.1 Å². The Hall–Kier alpha value is -1.11. The van der Waals surface area contributed by atoms with Gasteiger partial charge in [0.15, 0.2) is 0 Å². The number of hydrogen-bond donors (Lipinski definition) is 2. The van der Waals surface area contributed by atoms with Gasteiger partial charge < -0.3 is 10.4 Å². The first-order chi connectivity index (χ1) is 8.93. The van der Waals surface area contributed by atoms with Crippen molar-refractivity contribution in [2.45, 2.75) is 19.9 Å². The minimum atomic E-state index is -3.08. The molecule has 5 nitrogen and oxygen atoms in total. The lowest BCUT2D eigenvalue weighted by Crippen LogP contribution is -2.32. The van der Waals surface area contributed by atoms with Crippen LogP contribution in [0.25, 0.3) is 0 Å². The van der Waals surface area contributed by atoms with Crippen molar-refractivity contribution in [2.24, 2.45) is 0 Å². The minimum absolute atomic E-state index is 0.260. The maximum absolute atomic E-state index is 11.4. The Morgan fingerprint density at radius 1 is 1.26 bits per heavy atom. The normalized spacial score (nSPS) is 11.9. The second-order valence-electron chi connectivity index (χ2n) is 4.45. The van der Waals surface area contributed by atoms with Crippen LogP contribution in [-0.2, 0) is 16.6 Å². The molecule has 0 atom stereocenters. The summed E-state index contributed by atoms with van der Waals surface area (Å²) < 4.78 is 24.2. The van der Waals surface area contributed by atoms with Gasteiger partial charge in [0, 0.05) is 19.6 Å². The first-order valence-corrected chi connectivity index (χ1v) is 8.22. The quantitative estimate of drug-likeness (QED) is 0.704. The maximum atomic E-state index is 11.4. The van der Waals surface area contributed by atoms with Crippen LogP contribution in [-0.4, -0.2) is 43.7 Å². The van der Waals surface area contributed by atoms with Crippen LogP contribution in [0.4, 0.5) is 0 Å². The van der Waals surface area contributed by atoms with Crippen molar-refractivity contribution in [3.63, 3.8) is 0 Å². The second-order valence-corrected chi connectivity index (χ2v) is 6.43. The Morgan fingerprint density at radius 3 is 2.42 bits per heavy atom. The first kappa shape index (κ1) is 15.9. The van der Waals surface area contributed by atoms with Crippen LogP contribution in [0, 0.1) is 0 Å². The summed E-state index contributed by atoms with van der Waals surface area (Å²) in [6.07, 6.45) is 2.01. The van der Waals surface area contributed by atoms with E-state index < -0.39 is 10.0 Å². The number of phenolic OH excluding ortho intramolecular Hbond substituents is 1. The molecular formula is C13H22N2O3S. The van der Waals surface area contributed by atoms with E-state index in [1.54, 1.807) is 12.1 Å². The van der Waals surface area contributed by atoms with Crippen molar-refractivity contribution in [1.82, 2.24) is 9.62 Å². The molecule has 0 bridgehead atoms. The summed E-state index contributed by atoms with van der Waals surface area (Å²) in [5.41, 5.74) is 1.09. The first-order valence-electron chi connectivity index (χ1n) is 6.37. The highest BCUT2D eigenvalue weighted by Crippen LogP contribution is 2.09. The lowest BCUT2D eigenvalue weighted by molar-refractivity contribution is 0.419. The molecule has 1 rings (SSSR count).